The first-order chi connectivity index (χ1) is 13.9. The minimum Gasteiger partial charge on any atom is -0.477 e. The van der Waals surface area contributed by atoms with Crippen LogP contribution in [0.25, 0.3) is 10.9 Å². The lowest BCUT2D eigenvalue weighted by Crippen LogP contribution is -2.29. The largest absolute Gasteiger partial charge is 0.477 e. The van der Waals surface area contributed by atoms with E-state index in [9.17, 15) is 19.8 Å². The lowest BCUT2D eigenvalue weighted by molar-refractivity contribution is 0.0137. The Morgan fingerprint density at radius 3 is 2.55 bits per heavy atom. The fourth-order valence-electron chi connectivity index (χ4n) is 2.93. The molecular formula is C21H22N2O6. The number of carboxylic acids is 1. The van der Waals surface area contributed by atoms with Crippen LogP contribution in [0, 0.1) is 0 Å². The first kappa shape index (κ1) is 20.4. The smallest absolute Gasteiger partial charge is 0.407 e. The van der Waals surface area contributed by atoms with Crippen molar-refractivity contribution in [3.63, 3.8) is 0 Å². The van der Waals surface area contributed by atoms with Gasteiger partial charge in [-0.05, 0) is 35.7 Å². The summed E-state index contributed by atoms with van der Waals surface area (Å²) in [5.41, 5.74) is 1.98. The summed E-state index contributed by atoms with van der Waals surface area (Å²) >= 11 is 0. The van der Waals surface area contributed by atoms with E-state index in [1.54, 1.807) is 18.2 Å². The fourth-order valence-corrected chi connectivity index (χ4v) is 2.93. The third kappa shape index (κ3) is 5.34. The number of nitrogens with one attached hydrogen (secondary N) is 2. The first-order valence-corrected chi connectivity index (χ1v) is 9.10. The normalized spacial score (nSPS) is 13.0. The highest BCUT2D eigenvalue weighted by Gasteiger charge is 2.19. The number of aromatic carboxylic acids is 1. The van der Waals surface area contributed by atoms with Gasteiger partial charge in [-0.2, -0.15) is 0 Å². The molecule has 1 amide bonds. The average molecular weight is 398 g/mol. The number of benzene rings is 2. The number of rotatable bonds is 8. The molecule has 3 aromatic rings. The maximum atomic E-state index is 11.7. The molecule has 8 heteroatoms. The summed E-state index contributed by atoms with van der Waals surface area (Å²) in [5, 5.41) is 32.8. The summed E-state index contributed by atoms with van der Waals surface area (Å²) in [6.07, 6.45) is -2.78. The zero-order valence-electron chi connectivity index (χ0n) is 15.5. The van der Waals surface area contributed by atoms with Crippen LogP contribution in [0.3, 0.4) is 0 Å². The second-order valence-corrected chi connectivity index (χ2v) is 6.62. The Kier molecular flexibility index (Phi) is 6.48. The number of hydrogen-bond acceptors (Lipinski definition) is 5. The lowest BCUT2D eigenvalue weighted by Gasteiger charge is -2.18. The molecule has 152 valence electrons. The highest BCUT2D eigenvalue weighted by atomic mass is 16.5. The van der Waals surface area contributed by atoms with Crippen molar-refractivity contribution in [2.24, 2.45) is 0 Å². The quantitative estimate of drug-likeness (QED) is 0.396. The van der Waals surface area contributed by atoms with Gasteiger partial charge in [0.25, 0.3) is 0 Å². The molecule has 1 heterocycles. The van der Waals surface area contributed by atoms with Crippen LogP contribution in [-0.2, 0) is 11.3 Å². The van der Waals surface area contributed by atoms with E-state index in [-0.39, 0.29) is 25.3 Å². The Labute approximate surface area is 166 Å². The number of amides is 1. The van der Waals surface area contributed by atoms with Crippen molar-refractivity contribution in [1.29, 1.82) is 0 Å². The van der Waals surface area contributed by atoms with Crippen molar-refractivity contribution >= 4 is 23.0 Å². The number of H-pyrrole nitrogens is 1. The van der Waals surface area contributed by atoms with Crippen molar-refractivity contribution in [3.8, 4) is 0 Å². The lowest BCUT2D eigenvalue weighted by atomic mass is 10.0. The predicted octanol–water partition coefficient (Wildman–Crippen LogP) is 2.58. The molecular weight excluding hydrogens is 376 g/mol. The number of ether oxygens (including phenoxy) is 1. The Balaban J connectivity index is 1.48. The first-order valence-electron chi connectivity index (χ1n) is 9.10. The molecule has 0 radical (unpaired) electrons. The topological polar surface area (TPSA) is 132 Å². The standard InChI is InChI=1S/C21H22N2O6/c24-18(8-9-22-21(28)29-12-13-4-2-1-3-5-13)19(25)14-6-7-16-15(10-14)11-17(23-16)20(26)27/h1-7,10-11,18-19,23-25H,8-9,12H2,(H,22,28)(H,26,27). The fraction of sp³-hybridized carbons (Fsp3) is 0.238. The third-order valence-corrected chi connectivity index (χ3v) is 4.50. The summed E-state index contributed by atoms with van der Waals surface area (Å²) in [6.45, 7) is 0.272. The summed E-state index contributed by atoms with van der Waals surface area (Å²) < 4.78 is 5.08. The molecule has 0 aliphatic carbocycles. The number of fused-ring (bicyclic) bond motifs is 1. The molecule has 1 aromatic heterocycles. The molecule has 0 aliphatic heterocycles. The van der Waals surface area contributed by atoms with Gasteiger partial charge < -0.3 is 30.4 Å². The summed E-state index contributed by atoms with van der Waals surface area (Å²) in [6, 6.07) is 15.6. The molecule has 0 bridgehead atoms. The number of carbonyl (C=O) groups is 2. The van der Waals surface area contributed by atoms with Gasteiger partial charge in [-0.15, -0.1) is 0 Å². The Morgan fingerprint density at radius 1 is 1.07 bits per heavy atom. The predicted molar refractivity (Wildman–Crippen MR) is 105 cm³/mol. The highest BCUT2D eigenvalue weighted by Crippen LogP contribution is 2.24. The number of carbonyl (C=O) groups excluding carboxylic acids is 1. The van der Waals surface area contributed by atoms with Gasteiger partial charge in [0.1, 0.15) is 18.4 Å². The van der Waals surface area contributed by atoms with E-state index in [2.05, 4.69) is 10.3 Å². The van der Waals surface area contributed by atoms with Crippen LogP contribution in [0.4, 0.5) is 4.79 Å². The number of aliphatic hydroxyl groups is 2. The van der Waals surface area contributed by atoms with Crippen molar-refractivity contribution in [3.05, 3.63) is 71.4 Å². The van der Waals surface area contributed by atoms with Crippen LogP contribution < -0.4 is 5.32 Å². The zero-order valence-corrected chi connectivity index (χ0v) is 15.5. The third-order valence-electron chi connectivity index (χ3n) is 4.50. The zero-order chi connectivity index (χ0) is 20.8. The Hall–Kier alpha value is -3.36. The molecule has 0 saturated heterocycles. The molecule has 0 saturated carbocycles. The van der Waals surface area contributed by atoms with Crippen molar-refractivity contribution in [1.82, 2.24) is 10.3 Å². The van der Waals surface area contributed by atoms with E-state index in [4.69, 9.17) is 9.84 Å². The Morgan fingerprint density at radius 2 is 1.83 bits per heavy atom. The van der Waals surface area contributed by atoms with Crippen molar-refractivity contribution in [2.45, 2.75) is 25.2 Å². The van der Waals surface area contributed by atoms with Crippen molar-refractivity contribution < 1.29 is 29.6 Å². The van der Waals surface area contributed by atoms with Crippen LogP contribution in [0.5, 0.6) is 0 Å². The molecule has 2 atom stereocenters. The van der Waals surface area contributed by atoms with E-state index in [1.807, 2.05) is 30.3 Å². The van der Waals surface area contributed by atoms with Gasteiger partial charge in [0.2, 0.25) is 0 Å². The molecule has 0 aliphatic rings. The monoisotopic (exact) mass is 398 g/mol. The minimum atomic E-state index is -1.18. The summed E-state index contributed by atoms with van der Waals surface area (Å²) in [7, 11) is 0. The van der Waals surface area contributed by atoms with E-state index in [1.165, 1.54) is 6.07 Å². The maximum absolute atomic E-state index is 11.7. The summed E-state index contributed by atoms with van der Waals surface area (Å²) in [4.78, 5) is 25.5. The maximum Gasteiger partial charge on any atom is 0.407 e. The van der Waals surface area contributed by atoms with Gasteiger partial charge in [-0.1, -0.05) is 36.4 Å². The van der Waals surface area contributed by atoms with E-state index in [0.29, 0.717) is 16.5 Å². The number of aliphatic hydroxyl groups excluding tert-OH is 2. The number of aromatic nitrogens is 1. The van der Waals surface area contributed by atoms with E-state index >= 15 is 0 Å². The van der Waals surface area contributed by atoms with E-state index in [0.717, 1.165) is 5.56 Å². The van der Waals surface area contributed by atoms with Crippen LogP contribution >= 0.6 is 0 Å². The van der Waals surface area contributed by atoms with Crippen LogP contribution in [0.15, 0.2) is 54.6 Å². The molecule has 2 aromatic carbocycles. The van der Waals surface area contributed by atoms with Crippen molar-refractivity contribution in [2.75, 3.05) is 6.54 Å². The second-order valence-electron chi connectivity index (χ2n) is 6.62. The molecule has 2 unspecified atom stereocenters. The number of alkyl carbamates (subject to hydrolysis) is 1. The summed E-state index contributed by atoms with van der Waals surface area (Å²) in [5.74, 6) is -1.08. The molecule has 8 nitrogen and oxygen atoms in total. The molecule has 29 heavy (non-hydrogen) atoms. The van der Waals surface area contributed by atoms with Gasteiger partial charge in [-0.25, -0.2) is 9.59 Å². The highest BCUT2D eigenvalue weighted by molar-refractivity contribution is 5.93. The Bertz CT molecular complexity index is 985. The number of hydrogen-bond donors (Lipinski definition) is 5. The molecule has 3 rings (SSSR count). The van der Waals surface area contributed by atoms with Crippen LogP contribution in [-0.4, -0.2) is 45.0 Å². The van der Waals surface area contributed by atoms with Gasteiger partial charge >= 0.3 is 12.1 Å². The van der Waals surface area contributed by atoms with Gasteiger partial charge in [0, 0.05) is 17.4 Å². The number of aromatic amines is 1. The second kappa shape index (κ2) is 9.22. The molecule has 0 spiro atoms. The van der Waals surface area contributed by atoms with Crippen LogP contribution in [0.1, 0.15) is 34.1 Å². The molecule has 0 fully saturated rings. The number of carboxylic acid groups (broad SMARTS) is 1. The van der Waals surface area contributed by atoms with Gasteiger partial charge in [-0.3, -0.25) is 0 Å². The average Bonchev–Trinajstić information content (AvgIpc) is 3.16. The van der Waals surface area contributed by atoms with Gasteiger partial charge in [0.15, 0.2) is 0 Å². The minimum absolute atomic E-state index is 0.0467. The van der Waals surface area contributed by atoms with E-state index < -0.39 is 24.3 Å². The SMILES string of the molecule is O=C(NCCC(O)C(O)c1ccc2[nH]c(C(=O)O)cc2c1)OCc1ccccc1. The van der Waals surface area contributed by atoms with Gasteiger partial charge in [0.05, 0.1) is 6.10 Å². The van der Waals surface area contributed by atoms with Crippen LogP contribution in [0.2, 0.25) is 0 Å². The molecule has 5 N–H and O–H groups in total.